The fourth-order valence-corrected chi connectivity index (χ4v) is 2.53. The molecule has 0 fully saturated rings. The Morgan fingerprint density at radius 3 is 2.81 bits per heavy atom. The molecule has 0 saturated carbocycles. The second-order valence-electron chi connectivity index (χ2n) is 4.49. The molecule has 21 heavy (non-hydrogen) atoms. The number of benzene rings is 1. The van der Waals surface area contributed by atoms with Crippen LogP contribution in [-0.2, 0) is 6.54 Å². The minimum atomic E-state index is -0.462. The van der Waals surface area contributed by atoms with E-state index in [0.29, 0.717) is 23.5 Å². The second kappa shape index (κ2) is 6.09. The van der Waals surface area contributed by atoms with E-state index in [4.69, 9.17) is 0 Å². The molecular weight excluding hydrogens is 338 g/mol. The van der Waals surface area contributed by atoms with E-state index in [1.807, 2.05) is 13.1 Å². The molecule has 0 aliphatic rings. The highest BCUT2D eigenvalue weighted by atomic mass is 79.9. The Morgan fingerprint density at radius 1 is 1.48 bits per heavy atom. The van der Waals surface area contributed by atoms with Crippen LogP contribution >= 0.6 is 15.9 Å². The number of hydrogen-bond donors (Lipinski definition) is 1. The van der Waals surface area contributed by atoms with Crippen molar-refractivity contribution in [3.63, 3.8) is 0 Å². The van der Waals surface area contributed by atoms with Crippen LogP contribution in [0, 0.1) is 17.0 Å². The van der Waals surface area contributed by atoms with Crippen molar-refractivity contribution in [1.29, 1.82) is 0 Å². The SMILES string of the molecule is CCn1cc(Br)cc1C(=O)Nc1cccc([N+](=O)[O-])c1C. The first-order chi connectivity index (χ1) is 9.93. The number of aryl methyl sites for hydroxylation is 1. The minimum Gasteiger partial charge on any atom is -0.343 e. The van der Waals surface area contributed by atoms with Crippen LogP contribution < -0.4 is 5.32 Å². The van der Waals surface area contributed by atoms with Gasteiger partial charge in [-0.15, -0.1) is 0 Å². The third kappa shape index (κ3) is 3.13. The van der Waals surface area contributed by atoms with E-state index in [2.05, 4.69) is 21.2 Å². The number of nitrogens with one attached hydrogen (secondary N) is 1. The lowest BCUT2D eigenvalue weighted by Crippen LogP contribution is -2.17. The van der Waals surface area contributed by atoms with Gasteiger partial charge >= 0.3 is 0 Å². The van der Waals surface area contributed by atoms with Crippen molar-refractivity contribution in [2.75, 3.05) is 5.32 Å². The van der Waals surface area contributed by atoms with Gasteiger partial charge in [0.05, 0.1) is 16.2 Å². The summed E-state index contributed by atoms with van der Waals surface area (Å²) in [7, 11) is 0. The molecule has 2 rings (SSSR count). The zero-order valence-electron chi connectivity index (χ0n) is 11.6. The predicted molar refractivity (Wildman–Crippen MR) is 83.6 cm³/mol. The topological polar surface area (TPSA) is 77.2 Å². The zero-order chi connectivity index (χ0) is 15.6. The molecule has 0 aliphatic heterocycles. The van der Waals surface area contributed by atoms with Crippen molar-refractivity contribution < 1.29 is 9.72 Å². The molecule has 0 atom stereocenters. The van der Waals surface area contributed by atoms with Gasteiger partial charge in [-0.25, -0.2) is 0 Å². The Morgan fingerprint density at radius 2 is 2.19 bits per heavy atom. The van der Waals surface area contributed by atoms with Crippen LogP contribution in [0.5, 0.6) is 0 Å². The number of hydrogen-bond acceptors (Lipinski definition) is 3. The Bertz CT molecular complexity index is 709. The number of carbonyl (C=O) groups is 1. The predicted octanol–water partition coefficient (Wildman–Crippen LogP) is 3.74. The van der Waals surface area contributed by atoms with Crippen molar-refractivity contribution >= 4 is 33.2 Å². The lowest BCUT2D eigenvalue weighted by molar-refractivity contribution is -0.385. The van der Waals surface area contributed by atoms with Gasteiger partial charge in [-0.1, -0.05) is 6.07 Å². The quantitative estimate of drug-likeness (QED) is 0.673. The summed E-state index contributed by atoms with van der Waals surface area (Å²) >= 11 is 3.33. The van der Waals surface area contributed by atoms with Crippen LogP contribution in [0.1, 0.15) is 23.0 Å². The minimum absolute atomic E-state index is 0.0140. The molecule has 0 bridgehead atoms. The normalized spacial score (nSPS) is 10.4. The van der Waals surface area contributed by atoms with Crippen LogP contribution in [0.15, 0.2) is 34.9 Å². The average Bonchev–Trinajstić information content (AvgIpc) is 2.82. The molecule has 7 heteroatoms. The first-order valence-electron chi connectivity index (χ1n) is 6.35. The summed E-state index contributed by atoms with van der Waals surface area (Å²) in [5, 5.41) is 13.6. The summed E-state index contributed by atoms with van der Waals surface area (Å²) in [5.74, 6) is -0.300. The van der Waals surface area contributed by atoms with Gasteiger partial charge in [0, 0.05) is 23.3 Å². The molecule has 1 N–H and O–H groups in total. The molecule has 1 aromatic heterocycles. The molecule has 6 nitrogen and oxygen atoms in total. The van der Waals surface area contributed by atoms with Crippen molar-refractivity contribution in [2.24, 2.45) is 0 Å². The number of amides is 1. The maximum atomic E-state index is 12.3. The molecule has 0 aliphatic carbocycles. The van der Waals surface area contributed by atoms with E-state index in [0.717, 1.165) is 4.47 Å². The summed E-state index contributed by atoms with van der Waals surface area (Å²) in [4.78, 5) is 22.8. The van der Waals surface area contributed by atoms with Crippen LogP contribution in [0.3, 0.4) is 0 Å². The molecule has 0 radical (unpaired) electrons. The molecule has 1 amide bonds. The Labute approximate surface area is 130 Å². The monoisotopic (exact) mass is 351 g/mol. The first kappa shape index (κ1) is 15.2. The number of rotatable bonds is 4. The van der Waals surface area contributed by atoms with Crippen molar-refractivity contribution in [2.45, 2.75) is 20.4 Å². The molecular formula is C14H14BrN3O3. The summed E-state index contributed by atoms with van der Waals surface area (Å²) in [6.07, 6.45) is 1.81. The zero-order valence-corrected chi connectivity index (χ0v) is 13.2. The standard InChI is InChI=1S/C14H14BrN3O3/c1-3-17-8-10(15)7-13(17)14(19)16-11-5-4-6-12(9(11)2)18(20)21/h4-8H,3H2,1-2H3,(H,16,19). The fourth-order valence-electron chi connectivity index (χ4n) is 2.07. The molecule has 1 heterocycles. The highest BCUT2D eigenvalue weighted by molar-refractivity contribution is 9.10. The molecule has 0 saturated heterocycles. The summed E-state index contributed by atoms with van der Waals surface area (Å²) < 4.78 is 2.61. The van der Waals surface area contributed by atoms with Crippen LogP contribution in [0.4, 0.5) is 11.4 Å². The highest BCUT2D eigenvalue weighted by Gasteiger charge is 2.17. The van der Waals surface area contributed by atoms with Crippen LogP contribution in [-0.4, -0.2) is 15.4 Å². The highest BCUT2D eigenvalue weighted by Crippen LogP contribution is 2.26. The third-order valence-electron chi connectivity index (χ3n) is 3.19. The maximum Gasteiger partial charge on any atom is 0.274 e. The van der Waals surface area contributed by atoms with Gasteiger partial charge < -0.3 is 9.88 Å². The fraction of sp³-hybridized carbons (Fsp3) is 0.214. The summed E-state index contributed by atoms with van der Waals surface area (Å²) in [5.41, 5.74) is 1.36. The van der Waals surface area contributed by atoms with Crippen LogP contribution in [0.2, 0.25) is 0 Å². The van der Waals surface area contributed by atoms with Crippen LogP contribution in [0.25, 0.3) is 0 Å². The lowest BCUT2D eigenvalue weighted by atomic mass is 10.1. The number of nitro groups is 1. The van der Waals surface area contributed by atoms with E-state index in [1.165, 1.54) is 6.07 Å². The van der Waals surface area contributed by atoms with Crippen molar-refractivity contribution in [1.82, 2.24) is 4.57 Å². The largest absolute Gasteiger partial charge is 0.343 e. The number of carbonyl (C=O) groups excluding carboxylic acids is 1. The third-order valence-corrected chi connectivity index (χ3v) is 3.62. The number of halogens is 1. The van der Waals surface area contributed by atoms with Gasteiger partial charge in [0.15, 0.2) is 0 Å². The van der Waals surface area contributed by atoms with E-state index >= 15 is 0 Å². The van der Waals surface area contributed by atoms with Gasteiger partial charge in [0.25, 0.3) is 11.6 Å². The van der Waals surface area contributed by atoms with E-state index < -0.39 is 4.92 Å². The number of aromatic nitrogens is 1. The van der Waals surface area contributed by atoms with Crippen molar-refractivity contribution in [3.05, 3.63) is 56.3 Å². The Hall–Kier alpha value is -2.15. The smallest absolute Gasteiger partial charge is 0.274 e. The molecule has 0 unspecified atom stereocenters. The van der Waals surface area contributed by atoms with Crippen molar-refractivity contribution in [3.8, 4) is 0 Å². The molecule has 110 valence electrons. The molecule has 0 spiro atoms. The van der Waals surface area contributed by atoms with E-state index in [1.54, 1.807) is 29.7 Å². The maximum absolute atomic E-state index is 12.3. The number of anilines is 1. The van der Waals surface area contributed by atoms with E-state index in [9.17, 15) is 14.9 Å². The summed E-state index contributed by atoms with van der Waals surface area (Å²) in [6, 6.07) is 6.33. The van der Waals surface area contributed by atoms with Gasteiger partial charge in [0.1, 0.15) is 5.69 Å². The van der Waals surface area contributed by atoms with E-state index in [-0.39, 0.29) is 11.6 Å². The van der Waals surface area contributed by atoms with Gasteiger partial charge in [-0.2, -0.15) is 0 Å². The average molecular weight is 352 g/mol. The van der Waals surface area contributed by atoms with Gasteiger partial charge in [-0.05, 0) is 41.9 Å². The molecule has 2 aromatic rings. The number of nitrogens with zero attached hydrogens (tertiary/aromatic N) is 2. The number of nitro benzene ring substituents is 1. The second-order valence-corrected chi connectivity index (χ2v) is 5.41. The molecule has 1 aromatic carbocycles. The Balaban J connectivity index is 2.32. The Kier molecular flexibility index (Phi) is 4.42. The van der Waals surface area contributed by atoms with Gasteiger partial charge in [0.2, 0.25) is 0 Å². The van der Waals surface area contributed by atoms with Gasteiger partial charge in [-0.3, -0.25) is 14.9 Å². The lowest BCUT2D eigenvalue weighted by Gasteiger charge is -2.10. The first-order valence-corrected chi connectivity index (χ1v) is 7.14. The summed E-state index contributed by atoms with van der Waals surface area (Å²) in [6.45, 7) is 4.20.